The molecule has 5 rings (SSSR count). The molecular formula is C24H18ClFN4S. The van der Waals surface area contributed by atoms with Gasteiger partial charge in [-0.1, -0.05) is 29.8 Å². The van der Waals surface area contributed by atoms with Crippen LogP contribution in [0.3, 0.4) is 0 Å². The van der Waals surface area contributed by atoms with Crippen molar-refractivity contribution < 1.29 is 4.39 Å². The normalized spacial score (nSPS) is 18.3. The van der Waals surface area contributed by atoms with Gasteiger partial charge in [0.25, 0.3) is 0 Å². The number of nitrogens with zero attached hydrogens (tertiary/aromatic N) is 3. The van der Waals surface area contributed by atoms with Gasteiger partial charge >= 0.3 is 0 Å². The molecule has 1 saturated heterocycles. The quantitative estimate of drug-likeness (QED) is 0.397. The van der Waals surface area contributed by atoms with E-state index in [9.17, 15) is 4.39 Å². The maximum atomic E-state index is 14.7. The summed E-state index contributed by atoms with van der Waals surface area (Å²) < 4.78 is 16.5. The van der Waals surface area contributed by atoms with Gasteiger partial charge in [-0.2, -0.15) is 0 Å². The number of hydrogen-bond acceptors (Lipinski definition) is 2. The molecule has 0 bridgehead atoms. The Kier molecular flexibility index (Phi) is 5.18. The third-order valence-electron chi connectivity index (χ3n) is 5.40. The Balaban J connectivity index is 1.68. The number of para-hydroxylation sites is 1. The van der Waals surface area contributed by atoms with Crippen molar-refractivity contribution in [2.45, 2.75) is 12.1 Å². The summed E-state index contributed by atoms with van der Waals surface area (Å²) in [5.41, 5.74) is 3.12. The second-order valence-corrected chi connectivity index (χ2v) is 8.05. The summed E-state index contributed by atoms with van der Waals surface area (Å²) in [6, 6.07) is 23.5. The lowest BCUT2D eigenvalue weighted by atomic mass is 10.0. The summed E-state index contributed by atoms with van der Waals surface area (Å²) in [6.45, 7) is 0. The Hall–Kier alpha value is -3.22. The number of thiocarbonyl (C=S) groups is 1. The van der Waals surface area contributed by atoms with Crippen LogP contribution in [0.1, 0.15) is 23.5 Å². The highest BCUT2D eigenvalue weighted by Crippen LogP contribution is 2.42. The maximum Gasteiger partial charge on any atom is 0.174 e. The van der Waals surface area contributed by atoms with Gasteiger partial charge < -0.3 is 14.8 Å². The molecule has 1 aliphatic rings. The molecule has 0 spiro atoms. The molecule has 4 nitrogen and oxygen atoms in total. The number of aromatic nitrogens is 2. The number of nitrogens with one attached hydrogen (secondary N) is 1. The molecule has 2 aromatic carbocycles. The molecule has 154 valence electrons. The molecule has 0 radical (unpaired) electrons. The van der Waals surface area contributed by atoms with Crippen molar-refractivity contribution in [3.05, 3.63) is 113 Å². The lowest BCUT2D eigenvalue weighted by Crippen LogP contribution is -2.30. The molecule has 0 aliphatic carbocycles. The standard InChI is InChI=1S/C24H18ClFN4S/c25-16-10-12-17(13-11-16)30-23(22(28-24(30)31)19-7-3-4-14-27-19)21-9-5-15-29(21)20-8-2-1-6-18(20)26/h1-15,22-23H,(H,28,31)/t22-,23+/m0/s1. The molecule has 2 atom stereocenters. The third kappa shape index (κ3) is 3.58. The molecule has 1 N–H and O–H groups in total. The number of anilines is 1. The average Bonchev–Trinajstić information content (AvgIpc) is 3.39. The number of pyridine rings is 1. The van der Waals surface area contributed by atoms with Gasteiger partial charge in [0.15, 0.2) is 5.11 Å². The fourth-order valence-electron chi connectivity index (χ4n) is 4.04. The zero-order valence-corrected chi connectivity index (χ0v) is 17.9. The fourth-order valence-corrected chi connectivity index (χ4v) is 4.51. The number of rotatable bonds is 4. The molecule has 0 unspecified atom stereocenters. The van der Waals surface area contributed by atoms with Gasteiger partial charge in [0.2, 0.25) is 0 Å². The van der Waals surface area contributed by atoms with E-state index >= 15 is 0 Å². The second-order valence-electron chi connectivity index (χ2n) is 7.23. The Morgan fingerprint density at radius 2 is 1.71 bits per heavy atom. The zero-order valence-electron chi connectivity index (χ0n) is 16.3. The van der Waals surface area contributed by atoms with Crippen LogP contribution in [0.5, 0.6) is 0 Å². The first-order valence-electron chi connectivity index (χ1n) is 9.82. The monoisotopic (exact) mass is 448 g/mol. The number of benzene rings is 2. The molecule has 4 aromatic rings. The van der Waals surface area contributed by atoms with Gasteiger partial charge in [0.05, 0.1) is 17.4 Å². The number of hydrogen-bond donors (Lipinski definition) is 1. The summed E-state index contributed by atoms with van der Waals surface area (Å²) in [4.78, 5) is 6.60. The predicted molar refractivity (Wildman–Crippen MR) is 125 cm³/mol. The van der Waals surface area contributed by atoms with E-state index in [1.807, 2.05) is 76.3 Å². The largest absolute Gasteiger partial charge is 0.351 e. The Morgan fingerprint density at radius 3 is 2.45 bits per heavy atom. The lowest BCUT2D eigenvalue weighted by Gasteiger charge is -2.29. The van der Waals surface area contributed by atoms with E-state index in [1.165, 1.54) is 6.07 Å². The molecule has 0 amide bonds. The molecule has 31 heavy (non-hydrogen) atoms. The van der Waals surface area contributed by atoms with Crippen LogP contribution in [0.15, 0.2) is 91.3 Å². The third-order valence-corrected chi connectivity index (χ3v) is 5.96. The van der Waals surface area contributed by atoms with E-state index in [0.29, 0.717) is 15.8 Å². The SMILES string of the molecule is Fc1ccccc1-n1cccc1[C@@H]1[C@H](c2ccccn2)NC(=S)N1c1ccc(Cl)cc1. The van der Waals surface area contributed by atoms with Crippen molar-refractivity contribution in [2.75, 3.05) is 4.90 Å². The van der Waals surface area contributed by atoms with Crippen molar-refractivity contribution >= 4 is 34.6 Å². The highest BCUT2D eigenvalue weighted by molar-refractivity contribution is 7.80. The average molecular weight is 449 g/mol. The Morgan fingerprint density at radius 1 is 0.935 bits per heavy atom. The second kappa shape index (κ2) is 8.13. The van der Waals surface area contributed by atoms with E-state index < -0.39 is 0 Å². The zero-order chi connectivity index (χ0) is 21.4. The van der Waals surface area contributed by atoms with Crippen LogP contribution >= 0.6 is 23.8 Å². The molecular weight excluding hydrogens is 431 g/mol. The molecule has 0 saturated carbocycles. The smallest absolute Gasteiger partial charge is 0.174 e. The van der Waals surface area contributed by atoms with Gasteiger partial charge in [0.1, 0.15) is 11.9 Å². The Labute approximate surface area is 189 Å². The van der Waals surface area contributed by atoms with Crippen LogP contribution in [0.25, 0.3) is 5.69 Å². The van der Waals surface area contributed by atoms with Gasteiger partial charge in [-0.25, -0.2) is 4.39 Å². The highest BCUT2D eigenvalue weighted by Gasteiger charge is 2.42. The molecule has 7 heteroatoms. The van der Waals surface area contributed by atoms with E-state index in [0.717, 1.165) is 17.1 Å². The highest BCUT2D eigenvalue weighted by atomic mass is 35.5. The fraction of sp³-hybridized carbons (Fsp3) is 0.0833. The van der Waals surface area contributed by atoms with Crippen molar-refractivity contribution in [3.63, 3.8) is 0 Å². The molecule has 2 aromatic heterocycles. The summed E-state index contributed by atoms with van der Waals surface area (Å²) >= 11 is 11.9. The van der Waals surface area contributed by atoms with Crippen molar-refractivity contribution in [1.82, 2.24) is 14.9 Å². The summed E-state index contributed by atoms with van der Waals surface area (Å²) in [7, 11) is 0. The van der Waals surface area contributed by atoms with E-state index in [-0.39, 0.29) is 17.9 Å². The summed E-state index contributed by atoms with van der Waals surface area (Å²) in [6.07, 6.45) is 3.63. The first kappa shape index (κ1) is 19.7. The van der Waals surface area contributed by atoms with Crippen LogP contribution in [-0.4, -0.2) is 14.7 Å². The molecule has 1 fully saturated rings. The van der Waals surface area contributed by atoms with E-state index in [2.05, 4.69) is 10.3 Å². The molecule has 3 heterocycles. The first-order chi connectivity index (χ1) is 15.1. The maximum absolute atomic E-state index is 14.7. The van der Waals surface area contributed by atoms with E-state index in [1.54, 1.807) is 18.3 Å². The number of halogens is 2. The van der Waals surface area contributed by atoms with Crippen LogP contribution < -0.4 is 10.2 Å². The van der Waals surface area contributed by atoms with Crippen LogP contribution in [0, 0.1) is 5.82 Å². The lowest BCUT2D eigenvalue weighted by molar-refractivity contribution is 0.544. The van der Waals surface area contributed by atoms with Crippen LogP contribution in [-0.2, 0) is 0 Å². The topological polar surface area (TPSA) is 33.1 Å². The van der Waals surface area contributed by atoms with Gasteiger partial charge in [0, 0.05) is 28.8 Å². The minimum Gasteiger partial charge on any atom is -0.351 e. The first-order valence-corrected chi connectivity index (χ1v) is 10.6. The summed E-state index contributed by atoms with van der Waals surface area (Å²) in [5, 5.41) is 4.64. The minimum atomic E-state index is -0.291. The van der Waals surface area contributed by atoms with Crippen molar-refractivity contribution in [2.24, 2.45) is 0 Å². The molecule has 1 aliphatic heterocycles. The van der Waals surface area contributed by atoms with Crippen LogP contribution in [0.4, 0.5) is 10.1 Å². The predicted octanol–water partition coefficient (Wildman–Crippen LogP) is 5.84. The van der Waals surface area contributed by atoms with Gasteiger partial charge in [-0.15, -0.1) is 0 Å². The van der Waals surface area contributed by atoms with Gasteiger partial charge in [-0.3, -0.25) is 4.98 Å². The van der Waals surface area contributed by atoms with Crippen molar-refractivity contribution in [3.8, 4) is 5.69 Å². The van der Waals surface area contributed by atoms with E-state index in [4.69, 9.17) is 23.8 Å². The van der Waals surface area contributed by atoms with Gasteiger partial charge in [-0.05, 0) is 72.9 Å². The van der Waals surface area contributed by atoms with Crippen molar-refractivity contribution in [1.29, 1.82) is 0 Å². The minimum absolute atomic E-state index is 0.218. The van der Waals surface area contributed by atoms with Crippen LogP contribution in [0.2, 0.25) is 5.02 Å². The Bertz CT molecular complexity index is 1230. The summed E-state index contributed by atoms with van der Waals surface area (Å²) in [5.74, 6) is -0.291.